The van der Waals surface area contributed by atoms with Crippen LogP contribution < -0.4 is 0 Å². The van der Waals surface area contributed by atoms with Gasteiger partial charge in [0.15, 0.2) is 5.78 Å². The summed E-state index contributed by atoms with van der Waals surface area (Å²) in [5.41, 5.74) is 4.66. The number of carbonyl (C=O) groups excluding carboxylic acids is 3. The smallest absolute Gasteiger partial charge is 0.163 e. The Morgan fingerprint density at radius 3 is 2.39 bits per heavy atom. The SMILES string of the molecule is CCCC(CC1CC(=O)c2c(C)ccc(CC(C)CC)c2C1)C(CC)C(=O)CC(C)=O. The van der Waals surface area contributed by atoms with E-state index in [2.05, 4.69) is 46.8 Å². The van der Waals surface area contributed by atoms with Gasteiger partial charge in [0.2, 0.25) is 0 Å². The molecular formula is C28H42O3. The first-order valence-corrected chi connectivity index (χ1v) is 12.4. The molecule has 172 valence electrons. The maximum absolute atomic E-state index is 13.2. The average Bonchev–Trinajstić information content (AvgIpc) is 2.69. The van der Waals surface area contributed by atoms with E-state index in [0.29, 0.717) is 12.3 Å². The number of rotatable bonds is 12. The summed E-state index contributed by atoms with van der Waals surface area (Å²) in [7, 11) is 0. The highest BCUT2D eigenvalue weighted by Crippen LogP contribution is 2.38. The topological polar surface area (TPSA) is 51.2 Å². The number of hydrogen-bond acceptors (Lipinski definition) is 3. The van der Waals surface area contributed by atoms with Crippen molar-refractivity contribution < 1.29 is 14.4 Å². The maximum Gasteiger partial charge on any atom is 0.163 e. The molecule has 0 fully saturated rings. The number of fused-ring (bicyclic) bond motifs is 1. The van der Waals surface area contributed by atoms with Crippen LogP contribution >= 0.6 is 0 Å². The molecule has 1 aromatic carbocycles. The lowest BCUT2D eigenvalue weighted by atomic mass is 9.71. The van der Waals surface area contributed by atoms with Crippen molar-refractivity contribution in [3.63, 3.8) is 0 Å². The van der Waals surface area contributed by atoms with Gasteiger partial charge in [0.25, 0.3) is 0 Å². The Morgan fingerprint density at radius 2 is 1.81 bits per heavy atom. The minimum Gasteiger partial charge on any atom is -0.300 e. The molecule has 31 heavy (non-hydrogen) atoms. The maximum atomic E-state index is 13.2. The highest BCUT2D eigenvalue weighted by molar-refractivity contribution is 6.00. The van der Waals surface area contributed by atoms with Gasteiger partial charge in [0, 0.05) is 17.9 Å². The van der Waals surface area contributed by atoms with Gasteiger partial charge in [-0.3, -0.25) is 14.4 Å². The van der Waals surface area contributed by atoms with Crippen LogP contribution in [0.3, 0.4) is 0 Å². The molecule has 0 aliphatic heterocycles. The quantitative estimate of drug-likeness (QED) is 0.349. The largest absolute Gasteiger partial charge is 0.300 e. The second kappa shape index (κ2) is 11.7. The lowest BCUT2D eigenvalue weighted by Gasteiger charge is -2.32. The highest BCUT2D eigenvalue weighted by atomic mass is 16.1. The van der Waals surface area contributed by atoms with Gasteiger partial charge < -0.3 is 0 Å². The molecule has 0 radical (unpaired) electrons. The standard InChI is InChI=1S/C28H42O3/c1-7-10-22(24(9-3)26(30)14-20(6)29)15-21-16-25-23(13-18(4)8-2)12-11-19(5)28(25)27(31)17-21/h11-12,18,21-22,24H,7-10,13-17H2,1-6H3. The Morgan fingerprint density at radius 1 is 1.10 bits per heavy atom. The third kappa shape index (κ3) is 6.60. The molecule has 4 atom stereocenters. The van der Waals surface area contributed by atoms with Gasteiger partial charge >= 0.3 is 0 Å². The number of hydrogen-bond donors (Lipinski definition) is 0. The van der Waals surface area contributed by atoms with Crippen LogP contribution in [-0.2, 0) is 22.4 Å². The number of Topliss-reactive ketones (excluding diaryl/α,β-unsaturated/α-hetero) is 3. The molecule has 0 spiro atoms. The lowest BCUT2D eigenvalue weighted by Crippen LogP contribution is -2.30. The van der Waals surface area contributed by atoms with E-state index < -0.39 is 0 Å². The zero-order valence-electron chi connectivity index (χ0n) is 20.6. The summed E-state index contributed by atoms with van der Waals surface area (Å²) in [5.74, 6) is 1.38. The molecule has 1 aliphatic carbocycles. The van der Waals surface area contributed by atoms with Crippen molar-refractivity contribution in [1.82, 2.24) is 0 Å². The molecular weight excluding hydrogens is 384 g/mol. The second-order valence-electron chi connectivity index (χ2n) is 9.95. The Kier molecular flexibility index (Phi) is 9.65. The average molecular weight is 427 g/mol. The van der Waals surface area contributed by atoms with E-state index in [0.717, 1.165) is 56.1 Å². The van der Waals surface area contributed by atoms with Gasteiger partial charge in [-0.1, -0.05) is 59.1 Å². The third-order valence-corrected chi connectivity index (χ3v) is 7.27. The Labute approximate surface area is 189 Å². The molecule has 1 aliphatic rings. The first-order chi connectivity index (χ1) is 14.7. The van der Waals surface area contributed by atoms with E-state index in [4.69, 9.17) is 0 Å². The van der Waals surface area contributed by atoms with Gasteiger partial charge in [-0.15, -0.1) is 0 Å². The first kappa shape index (κ1) is 25.5. The molecule has 0 amide bonds. The van der Waals surface area contributed by atoms with Crippen molar-refractivity contribution in [2.75, 3.05) is 0 Å². The molecule has 0 aromatic heterocycles. The lowest BCUT2D eigenvalue weighted by molar-refractivity contribution is -0.129. The number of benzene rings is 1. The van der Waals surface area contributed by atoms with E-state index in [1.54, 1.807) is 0 Å². The molecule has 4 unspecified atom stereocenters. The van der Waals surface area contributed by atoms with Crippen LogP contribution in [0.15, 0.2) is 12.1 Å². The zero-order valence-corrected chi connectivity index (χ0v) is 20.6. The predicted octanol–water partition coefficient (Wildman–Crippen LogP) is 6.71. The molecule has 0 heterocycles. The summed E-state index contributed by atoms with van der Waals surface area (Å²) >= 11 is 0. The fraction of sp³-hybridized carbons (Fsp3) is 0.679. The molecule has 2 rings (SSSR count). The van der Waals surface area contributed by atoms with Crippen LogP contribution in [0.2, 0.25) is 0 Å². The first-order valence-electron chi connectivity index (χ1n) is 12.4. The van der Waals surface area contributed by atoms with Gasteiger partial charge in [0.05, 0.1) is 6.42 Å². The van der Waals surface area contributed by atoms with Crippen LogP contribution in [-0.4, -0.2) is 17.3 Å². The predicted molar refractivity (Wildman–Crippen MR) is 128 cm³/mol. The van der Waals surface area contributed by atoms with Crippen molar-refractivity contribution in [1.29, 1.82) is 0 Å². The van der Waals surface area contributed by atoms with Gasteiger partial charge in [-0.25, -0.2) is 0 Å². The molecule has 0 N–H and O–H groups in total. The minimum atomic E-state index is -0.0718. The molecule has 0 saturated heterocycles. The van der Waals surface area contributed by atoms with Crippen molar-refractivity contribution in [3.8, 4) is 0 Å². The molecule has 0 saturated carbocycles. The van der Waals surface area contributed by atoms with E-state index >= 15 is 0 Å². The van der Waals surface area contributed by atoms with Crippen molar-refractivity contribution in [2.24, 2.45) is 23.7 Å². The summed E-state index contributed by atoms with van der Waals surface area (Å²) in [6.07, 6.45) is 7.39. The normalized spacial score (nSPS) is 18.9. The number of carbonyl (C=O) groups is 3. The molecule has 1 aromatic rings. The van der Waals surface area contributed by atoms with Crippen LogP contribution in [0.5, 0.6) is 0 Å². The molecule has 0 bridgehead atoms. The van der Waals surface area contributed by atoms with Crippen molar-refractivity contribution in [2.45, 2.75) is 99.3 Å². The Hall–Kier alpha value is -1.77. The monoisotopic (exact) mass is 426 g/mol. The summed E-state index contributed by atoms with van der Waals surface area (Å²) in [5, 5.41) is 0. The van der Waals surface area contributed by atoms with Crippen LogP contribution in [0, 0.1) is 30.6 Å². The van der Waals surface area contributed by atoms with E-state index in [1.165, 1.54) is 18.1 Å². The molecule has 3 heteroatoms. The second-order valence-corrected chi connectivity index (χ2v) is 9.95. The fourth-order valence-corrected chi connectivity index (χ4v) is 5.51. The fourth-order valence-electron chi connectivity index (χ4n) is 5.51. The minimum absolute atomic E-state index is 0.0450. The van der Waals surface area contributed by atoms with E-state index in [9.17, 15) is 14.4 Å². The van der Waals surface area contributed by atoms with E-state index in [-0.39, 0.29) is 41.5 Å². The number of ketones is 3. The van der Waals surface area contributed by atoms with Crippen molar-refractivity contribution >= 4 is 17.3 Å². The third-order valence-electron chi connectivity index (χ3n) is 7.27. The van der Waals surface area contributed by atoms with Crippen LogP contribution in [0.25, 0.3) is 0 Å². The summed E-state index contributed by atoms with van der Waals surface area (Å²) < 4.78 is 0. The van der Waals surface area contributed by atoms with Gasteiger partial charge in [-0.05, 0) is 74.0 Å². The number of aryl methyl sites for hydroxylation is 1. The van der Waals surface area contributed by atoms with Gasteiger partial charge in [-0.2, -0.15) is 0 Å². The zero-order chi connectivity index (χ0) is 23.1. The summed E-state index contributed by atoms with van der Waals surface area (Å²) in [6, 6.07) is 4.34. The Bertz CT molecular complexity index is 792. The molecule has 3 nitrogen and oxygen atoms in total. The van der Waals surface area contributed by atoms with Crippen LogP contribution in [0.4, 0.5) is 0 Å². The van der Waals surface area contributed by atoms with Crippen LogP contribution in [0.1, 0.15) is 107 Å². The van der Waals surface area contributed by atoms with Crippen molar-refractivity contribution in [3.05, 3.63) is 34.4 Å². The highest BCUT2D eigenvalue weighted by Gasteiger charge is 2.33. The Balaban J connectivity index is 2.28. The summed E-state index contributed by atoms with van der Waals surface area (Å²) in [6.45, 7) is 12.3. The summed E-state index contributed by atoms with van der Waals surface area (Å²) in [4.78, 5) is 37.5. The van der Waals surface area contributed by atoms with E-state index in [1.807, 2.05) is 0 Å². The van der Waals surface area contributed by atoms with Gasteiger partial charge in [0.1, 0.15) is 11.6 Å².